The van der Waals surface area contributed by atoms with Crippen molar-refractivity contribution in [3.05, 3.63) is 59.7 Å². The molecular weight excluding hydrogens is 328 g/mol. The second kappa shape index (κ2) is 9.30. The second-order valence-corrected chi connectivity index (χ2v) is 8.62. The predicted molar refractivity (Wildman–Crippen MR) is 121 cm³/mol. The standard InChI is InChI=1S/C25H38N2/c1-18(2)26(19(3)4)24-15-11-9-13-22(24)17-23-14-10-12-16-25(23)27(20(5)6)21(7)8/h9-16,18-21H,17H2,1-8H3. The first-order valence-corrected chi connectivity index (χ1v) is 10.5. The number of para-hydroxylation sites is 2. The first kappa shape index (κ1) is 21.3. The first-order valence-electron chi connectivity index (χ1n) is 10.5. The topological polar surface area (TPSA) is 6.48 Å². The SMILES string of the molecule is CC(C)N(c1ccccc1Cc1ccccc1N(C(C)C)C(C)C)C(C)C. The summed E-state index contributed by atoms with van der Waals surface area (Å²) >= 11 is 0. The summed E-state index contributed by atoms with van der Waals surface area (Å²) in [7, 11) is 0. The lowest BCUT2D eigenvalue weighted by Gasteiger charge is -2.36. The third-order valence-corrected chi connectivity index (χ3v) is 5.15. The van der Waals surface area contributed by atoms with Crippen LogP contribution in [0.4, 0.5) is 11.4 Å². The Morgan fingerprint density at radius 3 is 1.11 bits per heavy atom. The van der Waals surface area contributed by atoms with Gasteiger partial charge < -0.3 is 9.80 Å². The van der Waals surface area contributed by atoms with E-state index in [1.54, 1.807) is 0 Å². The molecule has 0 radical (unpaired) electrons. The van der Waals surface area contributed by atoms with Crippen molar-refractivity contribution in [2.45, 2.75) is 86.0 Å². The number of benzene rings is 2. The van der Waals surface area contributed by atoms with E-state index in [-0.39, 0.29) is 0 Å². The van der Waals surface area contributed by atoms with Crippen LogP contribution in [0.2, 0.25) is 0 Å². The van der Waals surface area contributed by atoms with Gasteiger partial charge in [0, 0.05) is 42.0 Å². The van der Waals surface area contributed by atoms with Crippen molar-refractivity contribution in [3.8, 4) is 0 Å². The fraction of sp³-hybridized carbons (Fsp3) is 0.520. The summed E-state index contributed by atoms with van der Waals surface area (Å²) in [5.74, 6) is 0. The van der Waals surface area contributed by atoms with Crippen LogP contribution in [0.1, 0.15) is 66.5 Å². The molecule has 0 saturated heterocycles. The fourth-order valence-corrected chi connectivity index (χ4v) is 4.33. The predicted octanol–water partition coefficient (Wildman–Crippen LogP) is 6.52. The maximum atomic E-state index is 2.53. The Bertz CT molecular complexity index is 638. The molecule has 0 aliphatic carbocycles. The molecule has 0 heterocycles. The molecule has 148 valence electrons. The van der Waals surface area contributed by atoms with E-state index in [0.29, 0.717) is 24.2 Å². The van der Waals surface area contributed by atoms with Crippen molar-refractivity contribution >= 4 is 11.4 Å². The smallest absolute Gasteiger partial charge is 0.0406 e. The maximum Gasteiger partial charge on any atom is 0.0406 e. The molecule has 0 fully saturated rings. The van der Waals surface area contributed by atoms with Crippen LogP contribution in [0.5, 0.6) is 0 Å². The quantitative estimate of drug-likeness (QED) is 0.524. The Balaban J connectivity index is 2.48. The zero-order chi connectivity index (χ0) is 20.1. The molecule has 0 bridgehead atoms. The lowest BCUT2D eigenvalue weighted by atomic mass is 9.98. The van der Waals surface area contributed by atoms with Gasteiger partial charge in [-0.05, 0) is 78.6 Å². The van der Waals surface area contributed by atoms with Gasteiger partial charge in [-0.1, -0.05) is 36.4 Å². The van der Waals surface area contributed by atoms with Crippen molar-refractivity contribution in [2.75, 3.05) is 9.80 Å². The molecule has 0 spiro atoms. The highest BCUT2D eigenvalue weighted by molar-refractivity contribution is 5.61. The van der Waals surface area contributed by atoms with E-state index in [4.69, 9.17) is 0 Å². The first-order chi connectivity index (χ1) is 12.7. The minimum atomic E-state index is 0.476. The third-order valence-electron chi connectivity index (χ3n) is 5.15. The molecule has 2 aromatic rings. The molecule has 0 atom stereocenters. The van der Waals surface area contributed by atoms with Crippen LogP contribution in [-0.2, 0) is 6.42 Å². The lowest BCUT2D eigenvalue weighted by Crippen LogP contribution is -2.38. The van der Waals surface area contributed by atoms with Crippen LogP contribution in [-0.4, -0.2) is 24.2 Å². The second-order valence-electron chi connectivity index (χ2n) is 8.62. The molecule has 2 nitrogen and oxygen atoms in total. The molecule has 2 rings (SSSR count). The maximum absolute atomic E-state index is 2.53. The highest BCUT2D eigenvalue weighted by atomic mass is 15.2. The van der Waals surface area contributed by atoms with Crippen LogP contribution in [0.25, 0.3) is 0 Å². The van der Waals surface area contributed by atoms with E-state index in [1.807, 2.05) is 0 Å². The Morgan fingerprint density at radius 1 is 0.519 bits per heavy atom. The molecule has 0 unspecified atom stereocenters. The molecular formula is C25H38N2. The van der Waals surface area contributed by atoms with Crippen molar-refractivity contribution < 1.29 is 0 Å². The van der Waals surface area contributed by atoms with E-state index in [9.17, 15) is 0 Å². The Kier molecular flexibility index (Phi) is 7.35. The van der Waals surface area contributed by atoms with Crippen molar-refractivity contribution in [3.63, 3.8) is 0 Å². The van der Waals surface area contributed by atoms with Crippen molar-refractivity contribution in [1.29, 1.82) is 0 Å². The fourth-order valence-electron chi connectivity index (χ4n) is 4.33. The van der Waals surface area contributed by atoms with Crippen molar-refractivity contribution in [2.24, 2.45) is 0 Å². The van der Waals surface area contributed by atoms with Crippen LogP contribution in [0.3, 0.4) is 0 Å². The summed E-state index contributed by atoms with van der Waals surface area (Å²) < 4.78 is 0. The van der Waals surface area contributed by atoms with Crippen LogP contribution >= 0.6 is 0 Å². The van der Waals surface area contributed by atoms with E-state index >= 15 is 0 Å². The van der Waals surface area contributed by atoms with Gasteiger partial charge in [0.2, 0.25) is 0 Å². The zero-order valence-electron chi connectivity index (χ0n) is 18.5. The number of nitrogens with zero attached hydrogens (tertiary/aromatic N) is 2. The van der Waals surface area contributed by atoms with E-state index < -0.39 is 0 Å². The molecule has 0 aromatic heterocycles. The van der Waals surface area contributed by atoms with Gasteiger partial charge in [-0.2, -0.15) is 0 Å². The molecule has 0 N–H and O–H groups in total. The highest BCUT2D eigenvalue weighted by Gasteiger charge is 2.20. The summed E-state index contributed by atoms with van der Waals surface area (Å²) in [6.45, 7) is 18.3. The summed E-state index contributed by atoms with van der Waals surface area (Å²) in [6.07, 6.45) is 0.957. The number of hydrogen-bond acceptors (Lipinski definition) is 2. The number of hydrogen-bond donors (Lipinski definition) is 0. The van der Waals surface area contributed by atoms with Crippen LogP contribution < -0.4 is 9.80 Å². The summed E-state index contributed by atoms with van der Waals surface area (Å²) in [4.78, 5) is 5.06. The van der Waals surface area contributed by atoms with Crippen molar-refractivity contribution in [1.82, 2.24) is 0 Å². The molecule has 0 saturated carbocycles. The van der Waals surface area contributed by atoms with Gasteiger partial charge >= 0.3 is 0 Å². The molecule has 27 heavy (non-hydrogen) atoms. The zero-order valence-corrected chi connectivity index (χ0v) is 18.5. The van der Waals surface area contributed by atoms with Gasteiger partial charge in [0.1, 0.15) is 0 Å². The lowest BCUT2D eigenvalue weighted by molar-refractivity contribution is 0.603. The van der Waals surface area contributed by atoms with Crippen LogP contribution in [0, 0.1) is 0 Å². The average molecular weight is 367 g/mol. The monoisotopic (exact) mass is 366 g/mol. The minimum absolute atomic E-state index is 0.476. The Labute approximate surface area is 167 Å². The Morgan fingerprint density at radius 2 is 0.815 bits per heavy atom. The summed E-state index contributed by atoms with van der Waals surface area (Å²) in [5.41, 5.74) is 5.52. The third kappa shape index (κ3) is 5.06. The minimum Gasteiger partial charge on any atom is -0.366 e. The van der Waals surface area contributed by atoms with E-state index in [0.717, 1.165) is 6.42 Å². The van der Waals surface area contributed by atoms with Gasteiger partial charge in [-0.15, -0.1) is 0 Å². The normalized spacial score (nSPS) is 11.7. The summed E-state index contributed by atoms with van der Waals surface area (Å²) in [5, 5.41) is 0. The largest absolute Gasteiger partial charge is 0.366 e. The van der Waals surface area contributed by atoms with Gasteiger partial charge in [0.15, 0.2) is 0 Å². The van der Waals surface area contributed by atoms with Gasteiger partial charge in [0.25, 0.3) is 0 Å². The number of rotatable bonds is 8. The Hall–Kier alpha value is -1.96. The highest BCUT2D eigenvalue weighted by Crippen LogP contribution is 2.31. The van der Waals surface area contributed by atoms with Crippen LogP contribution in [0.15, 0.2) is 48.5 Å². The van der Waals surface area contributed by atoms with Gasteiger partial charge in [-0.25, -0.2) is 0 Å². The average Bonchev–Trinajstić information content (AvgIpc) is 2.57. The van der Waals surface area contributed by atoms with Gasteiger partial charge in [0.05, 0.1) is 0 Å². The number of anilines is 2. The molecule has 0 amide bonds. The van der Waals surface area contributed by atoms with E-state index in [1.165, 1.54) is 22.5 Å². The summed E-state index contributed by atoms with van der Waals surface area (Å²) in [6, 6.07) is 19.7. The molecule has 2 aromatic carbocycles. The molecule has 0 aliphatic rings. The van der Waals surface area contributed by atoms with Gasteiger partial charge in [-0.3, -0.25) is 0 Å². The van der Waals surface area contributed by atoms with E-state index in [2.05, 4.69) is 114 Å². The molecule has 2 heteroatoms. The molecule has 0 aliphatic heterocycles.